The summed E-state index contributed by atoms with van der Waals surface area (Å²) < 4.78 is 34.4. The van der Waals surface area contributed by atoms with Crippen molar-refractivity contribution in [2.45, 2.75) is 39.3 Å². The molecule has 0 radical (unpaired) electrons. The molecule has 3 rings (SSSR count). The lowest BCUT2D eigenvalue weighted by molar-refractivity contribution is -0.0512. The minimum absolute atomic E-state index is 0.0658. The van der Waals surface area contributed by atoms with Crippen molar-refractivity contribution in [2.24, 2.45) is 0 Å². The van der Waals surface area contributed by atoms with E-state index in [1.54, 1.807) is 26.1 Å². The first kappa shape index (κ1) is 19.9. The van der Waals surface area contributed by atoms with Crippen LogP contribution >= 0.6 is 0 Å². The molecule has 0 saturated carbocycles. The smallest absolute Gasteiger partial charge is 0.387 e. The Morgan fingerprint density at radius 3 is 2.68 bits per heavy atom. The van der Waals surface area contributed by atoms with E-state index in [1.165, 1.54) is 18.1 Å². The van der Waals surface area contributed by atoms with Gasteiger partial charge in [0.15, 0.2) is 17.3 Å². The number of H-pyrrole nitrogens is 1. The number of nitrogens with zero attached hydrogens (tertiary/aromatic N) is 1. The van der Waals surface area contributed by atoms with Crippen molar-refractivity contribution < 1.29 is 27.8 Å². The second kappa shape index (κ2) is 8.00. The number of alkyl halides is 2. The van der Waals surface area contributed by atoms with Crippen molar-refractivity contribution >= 4 is 11.7 Å². The lowest BCUT2D eigenvalue weighted by atomic mass is 9.94. The van der Waals surface area contributed by atoms with Gasteiger partial charge in [-0.3, -0.25) is 9.59 Å². The predicted molar refractivity (Wildman–Crippen MR) is 98.2 cm³/mol. The number of benzene rings is 1. The number of ether oxygens (including phenoxy) is 2. The number of hydrogen-bond acceptors (Lipinski definition) is 4. The number of methoxy groups -OCH3 is 1. The molecule has 2 aromatic rings. The fraction of sp³-hybridized carbons (Fsp3) is 0.400. The minimum atomic E-state index is -2.95. The monoisotopic (exact) mass is 392 g/mol. The van der Waals surface area contributed by atoms with E-state index in [0.717, 1.165) is 18.5 Å². The van der Waals surface area contributed by atoms with E-state index in [4.69, 9.17) is 4.74 Å². The van der Waals surface area contributed by atoms with Crippen molar-refractivity contribution in [3.63, 3.8) is 0 Å². The van der Waals surface area contributed by atoms with Crippen LogP contribution in [0.2, 0.25) is 0 Å². The molecule has 1 N–H and O–H groups in total. The highest BCUT2D eigenvalue weighted by Crippen LogP contribution is 2.30. The molecule has 0 fully saturated rings. The molecule has 8 heteroatoms. The van der Waals surface area contributed by atoms with Crippen LogP contribution in [0.3, 0.4) is 0 Å². The van der Waals surface area contributed by atoms with Crippen molar-refractivity contribution in [2.75, 3.05) is 14.2 Å². The number of rotatable bonds is 6. The molecule has 1 aliphatic rings. The summed E-state index contributed by atoms with van der Waals surface area (Å²) in [4.78, 5) is 29.7. The van der Waals surface area contributed by atoms with E-state index in [1.807, 2.05) is 0 Å². The molecule has 1 heterocycles. The van der Waals surface area contributed by atoms with Crippen molar-refractivity contribution in [3.05, 3.63) is 46.3 Å². The van der Waals surface area contributed by atoms with E-state index in [2.05, 4.69) is 9.72 Å². The van der Waals surface area contributed by atoms with Crippen LogP contribution in [0.5, 0.6) is 11.5 Å². The molecule has 0 aliphatic heterocycles. The number of aromatic nitrogens is 1. The Labute approximate surface area is 161 Å². The number of aryl methyl sites for hydroxylation is 1. The van der Waals surface area contributed by atoms with Crippen LogP contribution in [0.1, 0.15) is 50.5 Å². The van der Waals surface area contributed by atoms with Gasteiger partial charge in [0.05, 0.1) is 7.11 Å². The Balaban J connectivity index is 1.79. The van der Waals surface area contributed by atoms with Gasteiger partial charge in [0.2, 0.25) is 0 Å². The molecule has 1 aromatic carbocycles. The molecule has 0 unspecified atom stereocenters. The molecule has 28 heavy (non-hydrogen) atoms. The van der Waals surface area contributed by atoms with Crippen LogP contribution < -0.4 is 9.47 Å². The summed E-state index contributed by atoms with van der Waals surface area (Å²) in [7, 11) is 3.00. The van der Waals surface area contributed by atoms with E-state index in [0.29, 0.717) is 28.8 Å². The lowest BCUT2D eigenvalue weighted by Crippen LogP contribution is -2.27. The van der Waals surface area contributed by atoms with Crippen molar-refractivity contribution in [3.8, 4) is 11.5 Å². The van der Waals surface area contributed by atoms with E-state index in [9.17, 15) is 18.4 Å². The maximum atomic E-state index is 12.9. The molecule has 0 spiro atoms. The predicted octanol–water partition coefficient (Wildman–Crippen LogP) is 3.72. The van der Waals surface area contributed by atoms with Crippen molar-refractivity contribution in [1.29, 1.82) is 0 Å². The third-order valence-electron chi connectivity index (χ3n) is 4.86. The molecular weight excluding hydrogens is 370 g/mol. The summed E-state index contributed by atoms with van der Waals surface area (Å²) in [5.74, 6) is -0.0833. The van der Waals surface area contributed by atoms with Crippen LogP contribution in [-0.2, 0) is 13.0 Å². The van der Waals surface area contributed by atoms with Crippen molar-refractivity contribution in [1.82, 2.24) is 9.88 Å². The summed E-state index contributed by atoms with van der Waals surface area (Å²) in [6.45, 7) is -0.936. The first-order valence-electron chi connectivity index (χ1n) is 8.93. The molecule has 1 aliphatic carbocycles. The van der Waals surface area contributed by atoms with E-state index in [-0.39, 0.29) is 29.7 Å². The van der Waals surface area contributed by atoms with Gasteiger partial charge in [-0.1, -0.05) is 6.07 Å². The zero-order valence-electron chi connectivity index (χ0n) is 16.0. The fourth-order valence-electron chi connectivity index (χ4n) is 3.53. The number of ketones is 1. The Bertz CT molecular complexity index is 908. The second-order valence-corrected chi connectivity index (χ2v) is 6.78. The van der Waals surface area contributed by atoms with Gasteiger partial charge in [0, 0.05) is 31.3 Å². The Morgan fingerprint density at radius 2 is 2.04 bits per heavy atom. The molecule has 0 bridgehead atoms. The van der Waals surface area contributed by atoms with Gasteiger partial charge in [0.1, 0.15) is 5.69 Å². The number of aromatic amines is 1. The third-order valence-corrected chi connectivity index (χ3v) is 4.86. The summed E-state index contributed by atoms with van der Waals surface area (Å²) >= 11 is 0. The largest absolute Gasteiger partial charge is 0.493 e. The molecule has 0 atom stereocenters. The van der Waals surface area contributed by atoms with Gasteiger partial charge in [0.25, 0.3) is 5.91 Å². The molecule has 1 aromatic heterocycles. The summed E-state index contributed by atoms with van der Waals surface area (Å²) in [5, 5.41) is 0. The summed E-state index contributed by atoms with van der Waals surface area (Å²) in [5.41, 5.74) is 3.24. The number of hydrogen-bond donors (Lipinski definition) is 1. The van der Waals surface area contributed by atoms with Gasteiger partial charge in [-0.15, -0.1) is 0 Å². The summed E-state index contributed by atoms with van der Waals surface area (Å²) in [6, 6.07) is 4.54. The second-order valence-electron chi connectivity index (χ2n) is 6.78. The summed E-state index contributed by atoms with van der Waals surface area (Å²) in [6.07, 6.45) is 2.03. The highest BCUT2D eigenvalue weighted by atomic mass is 19.3. The normalized spacial score (nSPS) is 13.4. The average molecular weight is 392 g/mol. The lowest BCUT2D eigenvalue weighted by Gasteiger charge is -2.18. The standard InChI is InChI=1S/C20H22F2N2O4/c1-11-17-13(5-4-6-14(17)25)23-18(11)19(26)24(2)10-12-7-8-15(28-20(21)22)16(9-12)27-3/h7-9,20,23H,4-6,10H2,1-3H3. The highest BCUT2D eigenvalue weighted by Gasteiger charge is 2.27. The molecule has 1 amide bonds. The van der Waals surface area contributed by atoms with Gasteiger partial charge < -0.3 is 19.4 Å². The number of Topliss-reactive ketones (excluding diaryl/α,β-unsaturated/α-hetero) is 1. The Kier molecular flexibility index (Phi) is 5.67. The van der Waals surface area contributed by atoms with Crippen LogP contribution in [0.4, 0.5) is 8.78 Å². The fourth-order valence-corrected chi connectivity index (χ4v) is 3.53. The zero-order chi connectivity index (χ0) is 20.4. The first-order valence-corrected chi connectivity index (χ1v) is 8.93. The quantitative estimate of drug-likeness (QED) is 0.813. The Morgan fingerprint density at radius 1 is 1.29 bits per heavy atom. The number of nitrogens with one attached hydrogen (secondary N) is 1. The SMILES string of the molecule is COc1cc(CN(C)C(=O)c2[nH]c3c(c2C)C(=O)CCC3)ccc1OC(F)F. The Hall–Kier alpha value is -2.90. The molecule has 0 saturated heterocycles. The van der Waals surface area contributed by atoms with Gasteiger partial charge in [-0.25, -0.2) is 0 Å². The van der Waals surface area contributed by atoms with Crippen LogP contribution in [0.25, 0.3) is 0 Å². The number of fused-ring (bicyclic) bond motifs is 1. The number of carbonyl (C=O) groups excluding carboxylic acids is 2. The molecule has 6 nitrogen and oxygen atoms in total. The maximum absolute atomic E-state index is 12.9. The van der Waals surface area contributed by atoms with E-state index >= 15 is 0 Å². The van der Waals surface area contributed by atoms with E-state index < -0.39 is 6.61 Å². The number of halogens is 2. The molecular formula is C20H22F2N2O4. The average Bonchev–Trinajstić information content (AvgIpc) is 2.99. The van der Waals surface area contributed by atoms with Crippen LogP contribution in [-0.4, -0.2) is 42.3 Å². The van der Waals surface area contributed by atoms with Gasteiger partial charge in [-0.2, -0.15) is 8.78 Å². The maximum Gasteiger partial charge on any atom is 0.387 e. The topological polar surface area (TPSA) is 71.6 Å². The van der Waals surface area contributed by atoms with Gasteiger partial charge in [-0.05, 0) is 43.0 Å². The van der Waals surface area contributed by atoms with Crippen LogP contribution in [0, 0.1) is 6.92 Å². The first-order chi connectivity index (χ1) is 13.3. The van der Waals surface area contributed by atoms with Crippen LogP contribution in [0.15, 0.2) is 18.2 Å². The van der Waals surface area contributed by atoms with Gasteiger partial charge >= 0.3 is 6.61 Å². The number of carbonyl (C=O) groups is 2. The highest BCUT2D eigenvalue weighted by molar-refractivity contribution is 6.04. The third kappa shape index (κ3) is 3.85. The molecule has 150 valence electrons. The zero-order valence-corrected chi connectivity index (χ0v) is 16.0. The number of amides is 1. The minimum Gasteiger partial charge on any atom is -0.493 e.